The van der Waals surface area contributed by atoms with Crippen LogP contribution in [0, 0.1) is 11.3 Å². The van der Waals surface area contributed by atoms with Gasteiger partial charge in [-0.1, -0.05) is 12.1 Å². The zero-order chi connectivity index (χ0) is 11.1. The molecule has 0 unspecified atom stereocenters. The molecule has 76 valence electrons. The summed E-state index contributed by atoms with van der Waals surface area (Å²) in [6.45, 7) is 1.43. The molecule has 0 aliphatic heterocycles. The van der Waals surface area contributed by atoms with Gasteiger partial charge in [0.2, 0.25) is 5.91 Å². The monoisotopic (exact) mass is 201 g/mol. The van der Waals surface area contributed by atoms with Crippen molar-refractivity contribution in [2.45, 2.75) is 6.92 Å². The van der Waals surface area contributed by atoms with Gasteiger partial charge < -0.3 is 0 Å². The van der Waals surface area contributed by atoms with Crippen molar-refractivity contribution in [3.05, 3.63) is 35.9 Å². The second-order valence-corrected chi connectivity index (χ2v) is 2.89. The smallest absolute Gasteiger partial charge is 0.235 e. The molecule has 1 rings (SSSR count). The Labute approximate surface area is 88.2 Å². The van der Waals surface area contributed by atoms with Crippen molar-refractivity contribution >= 4 is 17.7 Å². The number of hydrogen-bond donors (Lipinski definition) is 2. The van der Waals surface area contributed by atoms with Crippen molar-refractivity contribution in [2.24, 2.45) is 0 Å². The maximum Gasteiger partial charge on any atom is 0.235 e. The standard InChI is InChI=1S/C11H11N3O/c1-9(15)13-14-11-6-4-10(5-7-11)3-2-8-12/h2-7,14H,1H3,(H,13,15). The number of allylic oxidation sites excluding steroid dienone is 1. The molecular formula is C11H11N3O. The quantitative estimate of drug-likeness (QED) is 0.577. The third-order valence-electron chi connectivity index (χ3n) is 1.64. The van der Waals surface area contributed by atoms with Gasteiger partial charge in [0.05, 0.1) is 11.8 Å². The second kappa shape index (κ2) is 5.45. The zero-order valence-corrected chi connectivity index (χ0v) is 8.32. The van der Waals surface area contributed by atoms with Crippen LogP contribution in [0.3, 0.4) is 0 Å². The van der Waals surface area contributed by atoms with Crippen LogP contribution >= 0.6 is 0 Å². The normalized spacial score (nSPS) is 9.60. The van der Waals surface area contributed by atoms with Crippen molar-refractivity contribution in [2.75, 3.05) is 5.43 Å². The van der Waals surface area contributed by atoms with Crippen LogP contribution in [0.1, 0.15) is 12.5 Å². The largest absolute Gasteiger partial charge is 0.299 e. The summed E-state index contributed by atoms with van der Waals surface area (Å²) in [5.41, 5.74) is 6.93. The summed E-state index contributed by atoms with van der Waals surface area (Å²) in [6, 6.07) is 9.23. The van der Waals surface area contributed by atoms with Crippen LogP contribution in [0.15, 0.2) is 30.3 Å². The van der Waals surface area contributed by atoms with Crippen molar-refractivity contribution in [3.8, 4) is 6.07 Å². The van der Waals surface area contributed by atoms with Crippen LogP contribution in [0.4, 0.5) is 5.69 Å². The van der Waals surface area contributed by atoms with E-state index in [1.54, 1.807) is 6.08 Å². The van der Waals surface area contributed by atoms with Crippen LogP contribution in [-0.2, 0) is 4.79 Å². The van der Waals surface area contributed by atoms with Gasteiger partial charge in [0.15, 0.2) is 0 Å². The van der Waals surface area contributed by atoms with Gasteiger partial charge in [-0.2, -0.15) is 5.26 Å². The SMILES string of the molecule is CC(=O)NNc1ccc(C=CC#N)cc1. The lowest BCUT2D eigenvalue weighted by Crippen LogP contribution is -2.26. The summed E-state index contributed by atoms with van der Waals surface area (Å²) in [4.78, 5) is 10.6. The number of carbonyl (C=O) groups excluding carboxylic acids is 1. The molecule has 0 heterocycles. The predicted molar refractivity (Wildman–Crippen MR) is 58.5 cm³/mol. The zero-order valence-electron chi connectivity index (χ0n) is 8.32. The minimum Gasteiger partial charge on any atom is -0.299 e. The molecule has 4 heteroatoms. The van der Waals surface area contributed by atoms with Gasteiger partial charge in [-0.25, -0.2) is 0 Å². The second-order valence-electron chi connectivity index (χ2n) is 2.89. The van der Waals surface area contributed by atoms with E-state index in [0.717, 1.165) is 11.3 Å². The number of amides is 1. The fourth-order valence-electron chi connectivity index (χ4n) is 0.971. The van der Waals surface area contributed by atoms with Crippen LogP contribution in [0.5, 0.6) is 0 Å². The molecule has 1 amide bonds. The first kappa shape index (κ1) is 10.8. The number of nitrogens with zero attached hydrogens (tertiary/aromatic N) is 1. The molecule has 0 bridgehead atoms. The Balaban J connectivity index is 2.61. The summed E-state index contributed by atoms with van der Waals surface area (Å²) >= 11 is 0. The highest BCUT2D eigenvalue weighted by molar-refractivity contribution is 5.74. The molecule has 1 aromatic carbocycles. The topological polar surface area (TPSA) is 64.9 Å². The van der Waals surface area contributed by atoms with Gasteiger partial charge in [-0.15, -0.1) is 0 Å². The van der Waals surface area contributed by atoms with E-state index in [9.17, 15) is 4.79 Å². The molecular weight excluding hydrogens is 190 g/mol. The Morgan fingerprint density at radius 2 is 2.07 bits per heavy atom. The van der Waals surface area contributed by atoms with E-state index in [0.29, 0.717) is 0 Å². The molecule has 0 saturated heterocycles. The van der Waals surface area contributed by atoms with Gasteiger partial charge in [-0.05, 0) is 23.8 Å². The third-order valence-corrected chi connectivity index (χ3v) is 1.64. The molecule has 0 fully saturated rings. The number of hydrazine groups is 1. The average Bonchev–Trinajstić information content (AvgIpc) is 2.25. The van der Waals surface area contributed by atoms with Gasteiger partial charge in [0.1, 0.15) is 0 Å². The number of benzene rings is 1. The maximum absolute atomic E-state index is 10.6. The predicted octanol–water partition coefficient (Wildman–Crippen LogP) is 1.69. The van der Waals surface area contributed by atoms with Gasteiger partial charge in [0.25, 0.3) is 0 Å². The number of nitriles is 1. The molecule has 0 spiro atoms. The maximum atomic E-state index is 10.6. The van der Waals surface area contributed by atoms with Crippen LogP contribution in [0.25, 0.3) is 6.08 Å². The minimum absolute atomic E-state index is 0.150. The summed E-state index contributed by atoms with van der Waals surface area (Å²) in [7, 11) is 0. The Morgan fingerprint density at radius 3 is 2.60 bits per heavy atom. The number of rotatable bonds is 3. The highest BCUT2D eigenvalue weighted by Crippen LogP contribution is 2.09. The molecule has 0 aromatic heterocycles. The summed E-state index contributed by atoms with van der Waals surface area (Å²) in [6.07, 6.45) is 3.12. The fraction of sp³-hybridized carbons (Fsp3) is 0.0909. The Morgan fingerprint density at radius 1 is 1.40 bits per heavy atom. The van der Waals surface area contributed by atoms with E-state index in [2.05, 4.69) is 10.9 Å². The van der Waals surface area contributed by atoms with E-state index in [-0.39, 0.29) is 5.91 Å². The molecule has 0 atom stereocenters. The first-order valence-electron chi connectivity index (χ1n) is 4.41. The van der Waals surface area contributed by atoms with E-state index < -0.39 is 0 Å². The van der Waals surface area contributed by atoms with Crippen molar-refractivity contribution in [1.29, 1.82) is 5.26 Å². The van der Waals surface area contributed by atoms with E-state index in [1.807, 2.05) is 30.3 Å². The molecule has 4 nitrogen and oxygen atoms in total. The lowest BCUT2D eigenvalue weighted by atomic mass is 10.2. The number of carbonyl (C=O) groups is 1. The van der Waals surface area contributed by atoms with E-state index in [4.69, 9.17) is 5.26 Å². The Kier molecular flexibility index (Phi) is 3.92. The molecule has 0 radical (unpaired) electrons. The van der Waals surface area contributed by atoms with Crippen molar-refractivity contribution < 1.29 is 4.79 Å². The lowest BCUT2D eigenvalue weighted by molar-refractivity contribution is -0.118. The number of anilines is 1. The van der Waals surface area contributed by atoms with Crippen molar-refractivity contribution in [3.63, 3.8) is 0 Å². The summed E-state index contributed by atoms with van der Waals surface area (Å²) in [5.74, 6) is -0.150. The molecule has 0 aliphatic carbocycles. The Hall–Kier alpha value is -2.28. The summed E-state index contributed by atoms with van der Waals surface area (Å²) < 4.78 is 0. The summed E-state index contributed by atoms with van der Waals surface area (Å²) in [5, 5.41) is 8.33. The number of hydrogen-bond acceptors (Lipinski definition) is 3. The van der Waals surface area contributed by atoms with Gasteiger partial charge >= 0.3 is 0 Å². The van der Waals surface area contributed by atoms with Crippen LogP contribution < -0.4 is 10.9 Å². The molecule has 15 heavy (non-hydrogen) atoms. The van der Waals surface area contributed by atoms with Crippen LogP contribution in [0.2, 0.25) is 0 Å². The highest BCUT2D eigenvalue weighted by Gasteiger charge is 1.92. The van der Waals surface area contributed by atoms with Gasteiger partial charge in [-0.3, -0.25) is 15.6 Å². The minimum atomic E-state index is -0.150. The van der Waals surface area contributed by atoms with Gasteiger partial charge in [0, 0.05) is 13.0 Å². The average molecular weight is 201 g/mol. The fourth-order valence-corrected chi connectivity index (χ4v) is 0.971. The molecule has 0 saturated carbocycles. The molecule has 2 N–H and O–H groups in total. The first-order valence-corrected chi connectivity index (χ1v) is 4.41. The first-order chi connectivity index (χ1) is 7.22. The lowest BCUT2D eigenvalue weighted by Gasteiger charge is -2.05. The van der Waals surface area contributed by atoms with Crippen molar-refractivity contribution in [1.82, 2.24) is 5.43 Å². The van der Waals surface area contributed by atoms with E-state index >= 15 is 0 Å². The molecule has 1 aromatic rings. The third kappa shape index (κ3) is 3.96. The van der Waals surface area contributed by atoms with Crippen LogP contribution in [-0.4, -0.2) is 5.91 Å². The van der Waals surface area contributed by atoms with E-state index in [1.165, 1.54) is 13.0 Å². The molecule has 0 aliphatic rings. The Bertz CT molecular complexity index is 401. The highest BCUT2D eigenvalue weighted by atomic mass is 16.2. The number of nitrogens with one attached hydrogen (secondary N) is 2.